The molecule has 0 fully saturated rings. The molecule has 0 bridgehead atoms. The molecule has 0 radical (unpaired) electrons. The van der Waals surface area contributed by atoms with Crippen LogP contribution >= 0.6 is 11.8 Å². The van der Waals surface area contributed by atoms with E-state index in [-0.39, 0.29) is 11.9 Å². The van der Waals surface area contributed by atoms with Gasteiger partial charge in [-0.25, -0.2) is 4.39 Å². The van der Waals surface area contributed by atoms with Crippen LogP contribution in [-0.4, -0.2) is 14.8 Å². The van der Waals surface area contributed by atoms with Crippen molar-refractivity contribution < 1.29 is 9.13 Å². The zero-order valence-corrected chi connectivity index (χ0v) is 17.8. The van der Waals surface area contributed by atoms with Crippen LogP contribution in [0, 0.1) is 5.82 Å². The maximum absolute atomic E-state index is 13.4. The van der Waals surface area contributed by atoms with Gasteiger partial charge in [0.15, 0.2) is 17.1 Å². The van der Waals surface area contributed by atoms with Gasteiger partial charge in [0.1, 0.15) is 11.6 Å². The lowest BCUT2D eigenvalue weighted by Gasteiger charge is -2.16. The van der Waals surface area contributed by atoms with Crippen molar-refractivity contribution in [3.8, 4) is 5.75 Å². The molecule has 0 aliphatic carbocycles. The van der Waals surface area contributed by atoms with Crippen LogP contribution in [0.25, 0.3) is 0 Å². The van der Waals surface area contributed by atoms with Crippen molar-refractivity contribution in [1.29, 1.82) is 0 Å². The summed E-state index contributed by atoms with van der Waals surface area (Å²) >= 11 is 1.52. The maximum Gasteiger partial charge on any atom is 0.191 e. The van der Waals surface area contributed by atoms with Crippen molar-refractivity contribution in [3.05, 3.63) is 84.0 Å². The third-order valence-electron chi connectivity index (χ3n) is 4.54. The van der Waals surface area contributed by atoms with Gasteiger partial charge in [-0.2, -0.15) is 0 Å². The highest BCUT2D eigenvalue weighted by Gasteiger charge is 2.19. The van der Waals surface area contributed by atoms with E-state index in [0.717, 1.165) is 22.3 Å². The van der Waals surface area contributed by atoms with E-state index in [9.17, 15) is 4.39 Å². The van der Waals surface area contributed by atoms with Crippen LogP contribution in [0.15, 0.2) is 66.3 Å². The Hall–Kier alpha value is -2.60. The van der Waals surface area contributed by atoms with Crippen molar-refractivity contribution >= 4 is 11.8 Å². The molecule has 4 nitrogen and oxygen atoms in total. The maximum atomic E-state index is 13.4. The topological polar surface area (TPSA) is 39.9 Å². The highest BCUT2D eigenvalue weighted by atomic mass is 32.2. The molecule has 6 heteroatoms. The van der Waals surface area contributed by atoms with Gasteiger partial charge in [0, 0.05) is 12.3 Å². The summed E-state index contributed by atoms with van der Waals surface area (Å²) in [4.78, 5) is 0. The molecule has 152 valence electrons. The third-order valence-corrected chi connectivity index (χ3v) is 5.58. The average Bonchev–Trinajstić information content (AvgIpc) is 3.10. The lowest BCUT2D eigenvalue weighted by molar-refractivity contribution is 0.210. The summed E-state index contributed by atoms with van der Waals surface area (Å²) in [5, 5.41) is 9.44. The second-order valence-corrected chi connectivity index (χ2v) is 8.08. The minimum atomic E-state index is -0.268. The first-order valence-corrected chi connectivity index (χ1v) is 10.6. The van der Waals surface area contributed by atoms with Gasteiger partial charge in [-0.1, -0.05) is 56.0 Å². The van der Waals surface area contributed by atoms with Crippen molar-refractivity contribution in [2.24, 2.45) is 0 Å². The number of hydrogen-bond acceptors (Lipinski definition) is 4. The average molecular weight is 412 g/mol. The molecule has 0 saturated carbocycles. The van der Waals surface area contributed by atoms with Crippen LogP contribution in [0.5, 0.6) is 5.75 Å². The molecule has 2 aromatic carbocycles. The quantitative estimate of drug-likeness (QED) is 0.312. The summed E-state index contributed by atoms with van der Waals surface area (Å²) in [6.07, 6.45) is 1.54. The van der Waals surface area contributed by atoms with Crippen LogP contribution < -0.4 is 4.74 Å². The first kappa shape index (κ1) is 21.1. The summed E-state index contributed by atoms with van der Waals surface area (Å²) in [7, 11) is 0. The van der Waals surface area contributed by atoms with E-state index in [1.165, 1.54) is 29.5 Å². The minimum Gasteiger partial charge on any atom is -0.483 e. The normalized spacial score (nSPS) is 12.2. The Kier molecular flexibility index (Phi) is 7.09. The third kappa shape index (κ3) is 5.48. The van der Waals surface area contributed by atoms with E-state index in [1.54, 1.807) is 6.07 Å². The number of rotatable bonds is 9. The number of halogens is 1. The lowest BCUT2D eigenvalue weighted by Crippen LogP contribution is -2.12. The van der Waals surface area contributed by atoms with Gasteiger partial charge in [0.2, 0.25) is 0 Å². The largest absolute Gasteiger partial charge is 0.483 e. The number of hydrogen-bond donors (Lipinski definition) is 0. The highest BCUT2D eigenvalue weighted by Crippen LogP contribution is 2.27. The molecule has 1 heterocycles. The van der Waals surface area contributed by atoms with Crippen molar-refractivity contribution in [2.45, 2.75) is 50.2 Å². The fourth-order valence-corrected chi connectivity index (χ4v) is 3.87. The summed E-state index contributed by atoms with van der Waals surface area (Å²) in [6.45, 7) is 10.7. The van der Waals surface area contributed by atoms with E-state index in [4.69, 9.17) is 4.74 Å². The predicted octanol–water partition coefficient (Wildman–Crippen LogP) is 6.16. The van der Waals surface area contributed by atoms with E-state index in [0.29, 0.717) is 18.2 Å². The van der Waals surface area contributed by atoms with Crippen LogP contribution in [-0.2, 0) is 12.3 Å². The van der Waals surface area contributed by atoms with Gasteiger partial charge in [-0.15, -0.1) is 16.8 Å². The first-order valence-electron chi connectivity index (χ1n) is 9.65. The lowest BCUT2D eigenvalue weighted by atomic mass is 10.0. The zero-order valence-electron chi connectivity index (χ0n) is 17.0. The van der Waals surface area contributed by atoms with Crippen LogP contribution in [0.1, 0.15) is 49.7 Å². The number of thioether (sulfide) groups is 1. The van der Waals surface area contributed by atoms with Gasteiger partial charge in [-0.05, 0) is 48.2 Å². The smallest absolute Gasteiger partial charge is 0.191 e. The van der Waals surface area contributed by atoms with Crippen LogP contribution in [0.4, 0.5) is 4.39 Å². The molecule has 3 rings (SSSR count). The zero-order chi connectivity index (χ0) is 20.8. The summed E-state index contributed by atoms with van der Waals surface area (Å²) in [5.41, 5.74) is 2.18. The van der Waals surface area contributed by atoms with E-state index < -0.39 is 0 Å². The molecule has 0 aliphatic rings. The molecule has 0 saturated heterocycles. The Morgan fingerprint density at radius 3 is 2.55 bits per heavy atom. The fourth-order valence-electron chi connectivity index (χ4n) is 2.97. The Labute approximate surface area is 175 Å². The second kappa shape index (κ2) is 9.74. The van der Waals surface area contributed by atoms with E-state index in [2.05, 4.69) is 42.8 Å². The molecule has 0 aliphatic heterocycles. The number of benzene rings is 2. The molecule has 3 aromatic rings. The van der Waals surface area contributed by atoms with Crippen LogP contribution in [0.3, 0.4) is 0 Å². The Balaban J connectivity index is 1.73. The van der Waals surface area contributed by atoms with Gasteiger partial charge in [0.25, 0.3) is 0 Å². The van der Waals surface area contributed by atoms with Crippen molar-refractivity contribution in [1.82, 2.24) is 14.8 Å². The van der Waals surface area contributed by atoms with Gasteiger partial charge >= 0.3 is 0 Å². The minimum absolute atomic E-state index is 0.234. The highest BCUT2D eigenvalue weighted by molar-refractivity contribution is 7.98. The fraction of sp³-hybridized carbons (Fsp3) is 0.304. The standard InChI is InChI=1S/C23H26FN3OS/c1-5-13-27-22(17(4)28-21-11-9-19(10-12-21)16(2)3)25-26-23(27)29-15-18-7-6-8-20(24)14-18/h5-12,14,16-17H,1,13,15H2,2-4H3. The molecule has 0 spiro atoms. The number of allylic oxidation sites excluding steroid dienone is 1. The summed E-state index contributed by atoms with van der Waals surface area (Å²) < 4.78 is 21.5. The van der Waals surface area contributed by atoms with Crippen LogP contribution in [0.2, 0.25) is 0 Å². The molecule has 1 aromatic heterocycles. The number of ether oxygens (including phenoxy) is 1. The van der Waals surface area contributed by atoms with E-state index >= 15 is 0 Å². The van der Waals surface area contributed by atoms with Gasteiger partial charge in [0.05, 0.1) is 0 Å². The van der Waals surface area contributed by atoms with Crippen molar-refractivity contribution in [3.63, 3.8) is 0 Å². The molecule has 29 heavy (non-hydrogen) atoms. The number of aromatic nitrogens is 3. The van der Waals surface area contributed by atoms with Gasteiger partial charge in [-0.3, -0.25) is 4.57 Å². The molecular formula is C23H26FN3OS. The molecule has 0 amide bonds. The first-order chi connectivity index (χ1) is 14.0. The molecular weight excluding hydrogens is 385 g/mol. The Morgan fingerprint density at radius 2 is 1.90 bits per heavy atom. The van der Waals surface area contributed by atoms with Crippen molar-refractivity contribution in [2.75, 3.05) is 0 Å². The predicted molar refractivity (Wildman–Crippen MR) is 116 cm³/mol. The Bertz CT molecular complexity index is 953. The second-order valence-electron chi connectivity index (χ2n) is 7.14. The Morgan fingerprint density at radius 1 is 1.14 bits per heavy atom. The summed E-state index contributed by atoms with van der Waals surface area (Å²) in [5.74, 6) is 2.39. The SMILES string of the molecule is C=CCn1c(SCc2cccc(F)c2)nnc1C(C)Oc1ccc(C(C)C)cc1. The van der Waals surface area contributed by atoms with Gasteiger partial charge < -0.3 is 4.74 Å². The molecule has 1 atom stereocenters. The van der Waals surface area contributed by atoms with E-state index in [1.807, 2.05) is 35.8 Å². The summed E-state index contributed by atoms with van der Waals surface area (Å²) in [6, 6.07) is 14.7. The molecule has 1 unspecified atom stereocenters. The number of nitrogens with zero attached hydrogens (tertiary/aromatic N) is 3. The molecule has 0 N–H and O–H groups in total. The monoisotopic (exact) mass is 411 g/mol.